The van der Waals surface area contributed by atoms with Crippen molar-refractivity contribution in [3.63, 3.8) is 0 Å². The van der Waals surface area contributed by atoms with E-state index in [2.05, 4.69) is 4.17 Å². The average molecular weight is 244 g/mol. The van der Waals surface area contributed by atoms with Gasteiger partial charge in [-0.2, -0.15) is 9.34 Å². The molecule has 0 saturated heterocycles. The quantitative estimate of drug-likeness (QED) is 0.425. The van der Waals surface area contributed by atoms with Crippen molar-refractivity contribution in [1.82, 2.24) is 13.5 Å². The van der Waals surface area contributed by atoms with Crippen molar-refractivity contribution in [2.75, 3.05) is 28.2 Å². The molecule has 6 heteroatoms. The van der Waals surface area contributed by atoms with Gasteiger partial charge in [-0.3, -0.25) is 0 Å². The van der Waals surface area contributed by atoms with E-state index >= 15 is 0 Å². The van der Waals surface area contributed by atoms with Crippen molar-refractivity contribution >= 4 is 17.0 Å². The van der Waals surface area contributed by atoms with Gasteiger partial charge in [0.25, 0.3) is 0 Å². The Hall–Kier alpha value is 0.710. The van der Waals surface area contributed by atoms with Crippen LogP contribution in [0.5, 0.6) is 0 Å². The van der Waals surface area contributed by atoms with Crippen molar-refractivity contribution < 1.29 is 17.0 Å². The van der Waals surface area contributed by atoms with E-state index in [1.54, 1.807) is 0 Å². The molecular weight excluding hydrogens is 232 g/mol. The van der Waals surface area contributed by atoms with E-state index in [4.69, 9.17) is 0 Å². The highest BCUT2D eigenvalue weighted by atomic mass is 79.9. The Kier molecular flexibility index (Phi) is 10.4. The van der Waals surface area contributed by atoms with E-state index in [0.717, 1.165) is 17.0 Å². The molecular formula is C4H12BrN3P2. The molecule has 0 aliphatic rings. The second kappa shape index (κ2) is 7.81. The molecule has 0 aromatic carbocycles. The third kappa shape index (κ3) is 11.5. The van der Waals surface area contributed by atoms with Gasteiger partial charge in [-0.05, 0) is 4.17 Å². The molecule has 0 saturated carbocycles. The van der Waals surface area contributed by atoms with Crippen molar-refractivity contribution in [1.29, 1.82) is 0 Å². The number of nitrogens with zero attached hydrogens (tertiary/aromatic N) is 3. The monoisotopic (exact) mass is 243 g/mol. The maximum Gasteiger partial charge on any atom is 0.463 e. The Balaban J connectivity index is 0. The molecule has 0 unspecified atom stereocenters. The molecule has 0 atom stereocenters. The van der Waals surface area contributed by atoms with Crippen LogP contribution in [0, 0.1) is 0 Å². The molecule has 60 valence electrons. The van der Waals surface area contributed by atoms with Gasteiger partial charge in [-0.1, -0.05) is 0 Å². The van der Waals surface area contributed by atoms with Crippen LogP contribution in [0.3, 0.4) is 0 Å². The van der Waals surface area contributed by atoms with Crippen LogP contribution in [-0.4, -0.2) is 37.5 Å². The summed E-state index contributed by atoms with van der Waals surface area (Å²) in [6, 6.07) is 0. The molecule has 10 heavy (non-hydrogen) atoms. The second-order valence-electron chi connectivity index (χ2n) is 1.96. The summed E-state index contributed by atoms with van der Waals surface area (Å²) in [5, 5.41) is 0. The summed E-state index contributed by atoms with van der Waals surface area (Å²) in [7, 11) is 10.0. The first-order valence-corrected chi connectivity index (χ1v) is 4.19. The maximum absolute atomic E-state index is 4.17. The Bertz CT molecular complexity index is 118. The number of rotatable bonds is 2. The summed E-state index contributed by atoms with van der Waals surface area (Å²) in [5.74, 6) is 0. The van der Waals surface area contributed by atoms with Crippen LogP contribution in [0.4, 0.5) is 0 Å². The molecule has 0 aromatic heterocycles. The highest BCUT2D eigenvalue weighted by molar-refractivity contribution is 7.31. The largest absolute Gasteiger partial charge is 1.00 e. The number of hydrogen-bond acceptors (Lipinski definition) is 0. The van der Waals surface area contributed by atoms with Crippen molar-refractivity contribution in [2.45, 2.75) is 0 Å². The van der Waals surface area contributed by atoms with Crippen LogP contribution < -0.4 is 21.2 Å². The maximum atomic E-state index is 4.17. The summed E-state index contributed by atoms with van der Waals surface area (Å²) in [6.07, 6.45) is 0. The third-order valence-electron chi connectivity index (χ3n) is 0.438. The first-order chi connectivity index (χ1) is 4.13. The minimum absolute atomic E-state index is 0. The fourth-order valence-corrected chi connectivity index (χ4v) is 1.60. The van der Waals surface area contributed by atoms with Crippen molar-refractivity contribution in [3.05, 3.63) is 0 Å². The number of hydrogen-bond donors (Lipinski definition) is 0. The molecule has 0 heterocycles. The molecule has 0 fully saturated rings. The minimum Gasteiger partial charge on any atom is -1.00 e. The lowest BCUT2D eigenvalue weighted by Gasteiger charge is -1.84. The van der Waals surface area contributed by atoms with Gasteiger partial charge in [-0.25, -0.2) is 0 Å². The Labute approximate surface area is 76.1 Å². The summed E-state index contributed by atoms with van der Waals surface area (Å²) < 4.78 is 8.19. The zero-order chi connectivity index (χ0) is 7.28. The van der Waals surface area contributed by atoms with Gasteiger partial charge in [0.1, 0.15) is 0 Å². The van der Waals surface area contributed by atoms with Gasteiger partial charge in [0, 0.05) is 28.2 Å². The van der Waals surface area contributed by atoms with Crippen LogP contribution in [-0.2, 0) is 0 Å². The van der Waals surface area contributed by atoms with E-state index < -0.39 is 0 Å². The first kappa shape index (κ1) is 13.3. The van der Waals surface area contributed by atoms with Gasteiger partial charge < -0.3 is 17.0 Å². The molecule has 3 nitrogen and oxygen atoms in total. The number of halogens is 1. The zero-order valence-corrected chi connectivity index (χ0v) is 9.99. The fraction of sp³-hybridized carbons (Fsp3) is 1.00. The standard InChI is InChI=1S/C4H12N3P2.BrH/c1-6(2)8-5-9-7(3)4;/h1-4H3;1H/q+1;/p-1. The normalized spacial score (nSPS) is 10.2. The highest BCUT2D eigenvalue weighted by Crippen LogP contribution is 1.99. The van der Waals surface area contributed by atoms with E-state index in [1.807, 2.05) is 37.5 Å². The van der Waals surface area contributed by atoms with Crippen LogP contribution in [0.25, 0.3) is 0 Å². The Morgan fingerprint density at radius 1 is 0.900 bits per heavy atom. The van der Waals surface area contributed by atoms with Gasteiger partial charge in [0.2, 0.25) is 0 Å². The van der Waals surface area contributed by atoms with E-state index in [1.165, 1.54) is 0 Å². The van der Waals surface area contributed by atoms with E-state index in [-0.39, 0.29) is 17.0 Å². The predicted octanol–water partition coefficient (Wildman–Crippen LogP) is -1.73. The zero-order valence-electron chi connectivity index (χ0n) is 6.61. The molecule has 0 aliphatic heterocycles. The van der Waals surface area contributed by atoms with E-state index in [9.17, 15) is 0 Å². The van der Waals surface area contributed by atoms with Crippen molar-refractivity contribution in [2.24, 2.45) is 0 Å². The molecule has 0 aromatic rings. The lowest BCUT2D eigenvalue weighted by molar-refractivity contribution is -0.00000212. The van der Waals surface area contributed by atoms with Gasteiger partial charge in [0.15, 0.2) is 0 Å². The Morgan fingerprint density at radius 2 is 1.20 bits per heavy atom. The first-order valence-electron chi connectivity index (χ1n) is 2.59. The SMILES string of the molecule is CN(C)P=[N+]=PN(C)C.[Br-]. The smallest absolute Gasteiger partial charge is 0.463 e. The minimum atomic E-state index is 0. The van der Waals surface area contributed by atoms with Crippen LogP contribution in [0.15, 0.2) is 0 Å². The molecule has 0 bridgehead atoms. The predicted molar refractivity (Wildman–Crippen MR) is 43.3 cm³/mol. The molecule has 0 spiro atoms. The summed E-state index contributed by atoms with van der Waals surface area (Å²) in [5.41, 5.74) is 0. The van der Waals surface area contributed by atoms with Gasteiger partial charge in [-0.15, -0.1) is 0 Å². The Morgan fingerprint density at radius 3 is 1.40 bits per heavy atom. The molecule has 0 rings (SSSR count). The average Bonchev–Trinajstić information content (AvgIpc) is 1.63. The lowest BCUT2D eigenvalue weighted by Crippen LogP contribution is -3.00. The molecule has 0 N–H and O–H groups in total. The topological polar surface area (TPSA) is 20.6 Å². The third-order valence-corrected chi connectivity index (χ3v) is 1.79. The van der Waals surface area contributed by atoms with Crippen molar-refractivity contribution in [3.8, 4) is 0 Å². The van der Waals surface area contributed by atoms with Crippen LogP contribution >= 0.6 is 17.0 Å². The van der Waals surface area contributed by atoms with Crippen LogP contribution in [0.2, 0.25) is 0 Å². The molecule has 0 amide bonds. The lowest BCUT2D eigenvalue weighted by atomic mass is 11.3. The highest BCUT2D eigenvalue weighted by Gasteiger charge is 1.92. The van der Waals surface area contributed by atoms with E-state index in [0.29, 0.717) is 0 Å². The summed E-state index contributed by atoms with van der Waals surface area (Å²) >= 11 is 0. The fourth-order valence-electron chi connectivity index (χ4n) is 0.178. The molecule has 0 aliphatic carbocycles. The van der Waals surface area contributed by atoms with Crippen LogP contribution in [0.1, 0.15) is 0 Å². The summed E-state index contributed by atoms with van der Waals surface area (Å²) in [4.78, 5) is 0. The second-order valence-corrected chi connectivity index (χ2v) is 4.64. The molecule has 0 radical (unpaired) electrons. The van der Waals surface area contributed by atoms with Gasteiger partial charge in [0.05, 0.1) is 0 Å². The van der Waals surface area contributed by atoms with Gasteiger partial charge >= 0.3 is 17.0 Å². The summed E-state index contributed by atoms with van der Waals surface area (Å²) in [6.45, 7) is 0.